The van der Waals surface area contributed by atoms with Crippen molar-refractivity contribution in [1.82, 2.24) is 4.90 Å². The molecule has 5 nitrogen and oxygen atoms in total. The Bertz CT molecular complexity index is 736. The number of benzene rings is 2. The summed E-state index contributed by atoms with van der Waals surface area (Å²) >= 11 is 0. The number of nitrogens with zero attached hydrogens (tertiary/aromatic N) is 1. The van der Waals surface area contributed by atoms with E-state index < -0.39 is 12.1 Å². The van der Waals surface area contributed by atoms with Gasteiger partial charge in [-0.05, 0) is 12.5 Å². The monoisotopic (exact) mass is 353 g/mol. The summed E-state index contributed by atoms with van der Waals surface area (Å²) in [5, 5.41) is 0. The van der Waals surface area contributed by atoms with Crippen LogP contribution in [0.4, 0.5) is 0 Å². The third-order valence-electron chi connectivity index (χ3n) is 4.37. The summed E-state index contributed by atoms with van der Waals surface area (Å²) in [5.74, 6) is -0.610. The maximum absolute atomic E-state index is 12.9. The van der Waals surface area contributed by atoms with Crippen molar-refractivity contribution in [2.45, 2.75) is 19.4 Å². The van der Waals surface area contributed by atoms with Crippen LogP contribution in [0.2, 0.25) is 0 Å². The molecule has 0 aromatic heterocycles. The van der Waals surface area contributed by atoms with Gasteiger partial charge < -0.3 is 14.4 Å². The van der Waals surface area contributed by atoms with E-state index >= 15 is 0 Å². The van der Waals surface area contributed by atoms with Crippen LogP contribution in [0.15, 0.2) is 54.6 Å². The summed E-state index contributed by atoms with van der Waals surface area (Å²) < 4.78 is 10.9. The smallest absolute Gasteiger partial charge is 0.311 e. The second kappa shape index (κ2) is 8.63. The van der Waals surface area contributed by atoms with E-state index in [0.717, 1.165) is 11.1 Å². The van der Waals surface area contributed by atoms with Gasteiger partial charge in [-0.15, -0.1) is 0 Å². The molecule has 0 radical (unpaired) electrons. The van der Waals surface area contributed by atoms with Crippen LogP contribution >= 0.6 is 0 Å². The lowest BCUT2D eigenvalue weighted by Gasteiger charge is -2.30. The van der Waals surface area contributed by atoms with Crippen LogP contribution in [-0.4, -0.2) is 43.1 Å². The van der Waals surface area contributed by atoms with Gasteiger partial charge in [0.15, 0.2) is 0 Å². The summed E-state index contributed by atoms with van der Waals surface area (Å²) in [5.41, 5.74) is 2.68. The Morgan fingerprint density at radius 3 is 2.35 bits per heavy atom. The SMILES string of the molecule is Cc1ccc(CC(=O)O[C@H](C(=O)N2CCOCC2)c2ccccc2)cc1. The van der Waals surface area contributed by atoms with Gasteiger partial charge in [0.05, 0.1) is 19.6 Å². The predicted octanol–water partition coefficient (Wildman–Crippen LogP) is 2.68. The molecule has 1 amide bonds. The molecule has 1 heterocycles. The van der Waals surface area contributed by atoms with Crippen LogP contribution < -0.4 is 0 Å². The van der Waals surface area contributed by atoms with E-state index in [1.807, 2.05) is 61.5 Å². The molecule has 0 N–H and O–H groups in total. The molecule has 3 rings (SSSR count). The summed E-state index contributed by atoms with van der Waals surface area (Å²) in [6, 6.07) is 16.9. The van der Waals surface area contributed by atoms with Crippen molar-refractivity contribution in [3.05, 3.63) is 71.3 Å². The maximum atomic E-state index is 12.9. The van der Waals surface area contributed by atoms with Crippen LogP contribution in [-0.2, 0) is 25.5 Å². The number of esters is 1. The van der Waals surface area contributed by atoms with Crippen molar-refractivity contribution in [2.24, 2.45) is 0 Å². The van der Waals surface area contributed by atoms with Crippen LogP contribution in [0.5, 0.6) is 0 Å². The average molecular weight is 353 g/mol. The van der Waals surface area contributed by atoms with Crippen LogP contribution in [0.3, 0.4) is 0 Å². The Balaban J connectivity index is 1.73. The zero-order valence-corrected chi connectivity index (χ0v) is 14.9. The fraction of sp³-hybridized carbons (Fsp3) is 0.333. The summed E-state index contributed by atoms with van der Waals surface area (Å²) in [6.45, 7) is 4.03. The van der Waals surface area contributed by atoms with Gasteiger partial charge in [-0.2, -0.15) is 0 Å². The second-order valence-corrected chi connectivity index (χ2v) is 6.38. The van der Waals surface area contributed by atoms with Crippen molar-refractivity contribution < 1.29 is 19.1 Å². The minimum Gasteiger partial charge on any atom is -0.447 e. The van der Waals surface area contributed by atoms with E-state index in [-0.39, 0.29) is 12.3 Å². The molecule has 136 valence electrons. The normalized spacial score (nSPS) is 15.3. The maximum Gasteiger partial charge on any atom is 0.311 e. The third-order valence-corrected chi connectivity index (χ3v) is 4.37. The first-order valence-electron chi connectivity index (χ1n) is 8.80. The lowest BCUT2D eigenvalue weighted by Crippen LogP contribution is -2.44. The summed E-state index contributed by atoms with van der Waals surface area (Å²) in [7, 11) is 0. The van der Waals surface area contributed by atoms with Gasteiger partial charge in [-0.1, -0.05) is 60.2 Å². The molecule has 1 fully saturated rings. The third kappa shape index (κ3) is 4.70. The summed E-state index contributed by atoms with van der Waals surface area (Å²) in [6.07, 6.45) is -0.785. The molecule has 26 heavy (non-hydrogen) atoms. The molecule has 0 spiro atoms. The number of amides is 1. The molecule has 0 bridgehead atoms. The first-order chi connectivity index (χ1) is 12.6. The fourth-order valence-electron chi connectivity index (χ4n) is 2.88. The largest absolute Gasteiger partial charge is 0.447 e. The van der Waals surface area contributed by atoms with E-state index in [1.165, 1.54) is 0 Å². The molecular formula is C21H23NO4. The fourth-order valence-corrected chi connectivity index (χ4v) is 2.88. The minimum absolute atomic E-state index is 0.139. The Morgan fingerprint density at radius 1 is 1.04 bits per heavy atom. The molecular weight excluding hydrogens is 330 g/mol. The van der Waals surface area contributed by atoms with Gasteiger partial charge in [0.1, 0.15) is 0 Å². The lowest BCUT2D eigenvalue weighted by molar-refractivity contribution is -0.162. The van der Waals surface area contributed by atoms with E-state index in [4.69, 9.17) is 9.47 Å². The highest BCUT2D eigenvalue weighted by Gasteiger charge is 2.30. The average Bonchev–Trinajstić information content (AvgIpc) is 2.69. The second-order valence-electron chi connectivity index (χ2n) is 6.38. The highest BCUT2D eigenvalue weighted by molar-refractivity contribution is 5.85. The van der Waals surface area contributed by atoms with Gasteiger partial charge >= 0.3 is 5.97 Å². The van der Waals surface area contributed by atoms with Crippen molar-refractivity contribution >= 4 is 11.9 Å². The molecule has 0 unspecified atom stereocenters. The molecule has 0 aliphatic carbocycles. The molecule has 5 heteroatoms. The number of carbonyl (C=O) groups excluding carboxylic acids is 2. The highest BCUT2D eigenvalue weighted by Crippen LogP contribution is 2.22. The first kappa shape index (κ1) is 18.1. The van der Waals surface area contributed by atoms with E-state index in [1.54, 1.807) is 4.90 Å². The Hall–Kier alpha value is -2.66. The quantitative estimate of drug-likeness (QED) is 0.776. The van der Waals surface area contributed by atoms with Gasteiger partial charge in [-0.3, -0.25) is 9.59 Å². The number of ether oxygens (including phenoxy) is 2. The Morgan fingerprint density at radius 2 is 1.69 bits per heavy atom. The molecule has 1 saturated heterocycles. The van der Waals surface area contributed by atoms with Crippen molar-refractivity contribution in [1.29, 1.82) is 0 Å². The highest BCUT2D eigenvalue weighted by atomic mass is 16.5. The molecule has 2 aromatic carbocycles. The van der Waals surface area contributed by atoms with Crippen LogP contribution in [0.1, 0.15) is 22.8 Å². The van der Waals surface area contributed by atoms with Gasteiger partial charge in [-0.25, -0.2) is 0 Å². The van der Waals surface area contributed by atoms with Crippen LogP contribution in [0.25, 0.3) is 0 Å². The number of morpholine rings is 1. The Labute approximate surface area is 153 Å². The number of carbonyl (C=O) groups is 2. The summed E-state index contributed by atoms with van der Waals surface area (Å²) in [4.78, 5) is 27.1. The van der Waals surface area contributed by atoms with Crippen LogP contribution in [0, 0.1) is 6.92 Å². The topological polar surface area (TPSA) is 55.8 Å². The van der Waals surface area contributed by atoms with E-state index in [0.29, 0.717) is 31.9 Å². The van der Waals surface area contributed by atoms with Gasteiger partial charge in [0.25, 0.3) is 5.91 Å². The first-order valence-corrected chi connectivity index (χ1v) is 8.80. The zero-order chi connectivity index (χ0) is 18.4. The van der Waals surface area contributed by atoms with E-state index in [9.17, 15) is 9.59 Å². The number of aryl methyl sites for hydroxylation is 1. The van der Waals surface area contributed by atoms with E-state index in [2.05, 4.69) is 0 Å². The molecule has 1 aliphatic heterocycles. The lowest BCUT2D eigenvalue weighted by atomic mass is 10.1. The predicted molar refractivity (Wildman–Crippen MR) is 97.6 cm³/mol. The number of rotatable bonds is 5. The van der Waals surface area contributed by atoms with Crippen molar-refractivity contribution in [2.75, 3.05) is 26.3 Å². The minimum atomic E-state index is -0.924. The van der Waals surface area contributed by atoms with Gasteiger partial charge in [0, 0.05) is 18.7 Å². The molecule has 2 aromatic rings. The standard InChI is InChI=1S/C21H23NO4/c1-16-7-9-17(10-8-16)15-19(23)26-20(18-5-3-2-4-6-18)21(24)22-11-13-25-14-12-22/h2-10,20H,11-15H2,1H3/t20-/m0/s1. The Kier molecular flexibility index (Phi) is 6.02. The zero-order valence-electron chi connectivity index (χ0n) is 14.9. The molecule has 0 saturated carbocycles. The van der Waals surface area contributed by atoms with Gasteiger partial charge in [0.2, 0.25) is 6.10 Å². The van der Waals surface area contributed by atoms with Crippen molar-refractivity contribution in [3.8, 4) is 0 Å². The molecule has 1 atom stereocenters. The molecule has 1 aliphatic rings. The number of hydrogen-bond donors (Lipinski definition) is 0. The number of hydrogen-bond acceptors (Lipinski definition) is 4. The van der Waals surface area contributed by atoms with Crippen molar-refractivity contribution in [3.63, 3.8) is 0 Å².